The molecule has 0 aliphatic carbocycles. The van der Waals surface area contributed by atoms with E-state index in [1.165, 1.54) is 22.3 Å². The number of hydrogen-bond acceptors (Lipinski definition) is 3. The molecule has 4 heteroatoms. The standard InChI is InChI=1S/C34H44O4/c1-8-34(9-2,27-16-14-24(22(3)20-27)15-19-30(35)33(5,6)7)28-17-18-29(23(4)21-28)25-10-12-26(13-11-25)31(36)32(37)38/h10-14,16-18,20-21,30-31,35-36H,8-9,15,19H2,1-7H3,(H,37,38)/t30-,31?/m0/s1. The van der Waals surface area contributed by atoms with Gasteiger partial charge in [-0.1, -0.05) is 95.3 Å². The van der Waals surface area contributed by atoms with Gasteiger partial charge in [-0.25, -0.2) is 4.79 Å². The lowest BCUT2D eigenvalue weighted by Crippen LogP contribution is -2.27. The summed E-state index contributed by atoms with van der Waals surface area (Å²) in [7, 11) is 0. The minimum Gasteiger partial charge on any atom is -0.479 e. The molecule has 0 aliphatic heterocycles. The molecule has 3 N–H and O–H groups in total. The maximum absolute atomic E-state index is 11.1. The topological polar surface area (TPSA) is 77.8 Å². The highest BCUT2D eigenvalue weighted by atomic mass is 16.4. The second-order valence-electron chi connectivity index (χ2n) is 11.7. The molecule has 0 fully saturated rings. The number of rotatable bonds is 10. The number of carboxylic acid groups (broad SMARTS) is 1. The zero-order chi connectivity index (χ0) is 28.3. The molecule has 0 amide bonds. The summed E-state index contributed by atoms with van der Waals surface area (Å²) in [6, 6.07) is 20.6. The molecular weight excluding hydrogens is 472 g/mol. The molecule has 1 unspecified atom stereocenters. The minimum absolute atomic E-state index is 0.104. The minimum atomic E-state index is -1.51. The van der Waals surface area contributed by atoms with E-state index in [0.717, 1.165) is 42.4 Å². The number of benzene rings is 3. The van der Waals surface area contributed by atoms with E-state index >= 15 is 0 Å². The molecule has 3 aromatic rings. The normalized spacial score (nSPS) is 13.8. The molecule has 0 aromatic heterocycles. The zero-order valence-corrected chi connectivity index (χ0v) is 24.0. The Morgan fingerprint density at radius 1 is 0.816 bits per heavy atom. The molecular formula is C34H44O4. The molecule has 0 saturated heterocycles. The van der Waals surface area contributed by atoms with Crippen LogP contribution in [0.4, 0.5) is 0 Å². The van der Waals surface area contributed by atoms with Gasteiger partial charge in [0.25, 0.3) is 0 Å². The highest BCUT2D eigenvalue weighted by Crippen LogP contribution is 2.41. The van der Waals surface area contributed by atoms with Gasteiger partial charge in [-0.2, -0.15) is 0 Å². The maximum Gasteiger partial charge on any atom is 0.337 e. The highest BCUT2D eigenvalue weighted by Gasteiger charge is 2.31. The summed E-state index contributed by atoms with van der Waals surface area (Å²) < 4.78 is 0. The molecule has 38 heavy (non-hydrogen) atoms. The molecule has 0 spiro atoms. The van der Waals surface area contributed by atoms with E-state index in [0.29, 0.717) is 5.56 Å². The summed E-state index contributed by atoms with van der Waals surface area (Å²) in [5.74, 6) is -1.25. The summed E-state index contributed by atoms with van der Waals surface area (Å²) in [5.41, 5.74) is 8.57. The van der Waals surface area contributed by atoms with Gasteiger partial charge < -0.3 is 15.3 Å². The average Bonchev–Trinajstić information content (AvgIpc) is 2.88. The van der Waals surface area contributed by atoms with Gasteiger partial charge in [0.1, 0.15) is 0 Å². The van der Waals surface area contributed by atoms with Crippen LogP contribution in [0.5, 0.6) is 0 Å². The van der Waals surface area contributed by atoms with Crippen LogP contribution >= 0.6 is 0 Å². The predicted molar refractivity (Wildman–Crippen MR) is 156 cm³/mol. The molecule has 0 aliphatic rings. The zero-order valence-electron chi connectivity index (χ0n) is 24.0. The van der Waals surface area contributed by atoms with E-state index in [-0.39, 0.29) is 16.9 Å². The van der Waals surface area contributed by atoms with E-state index < -0.39 is 12.1 Å². The van der Waals surface area contributed by atoms with Crippen molar-refractivity contribution >= 4 is 5.97 Å². The van der Waals surface area contributed by atoms with Crippen molar-refractivity contribution in [1.82, 2.24) is 0 Å². The summed E-state index contributed by atoms with van der Waals surface area (Å²) >= 11 is 0. The van der Waals surface area contributed by atoms with Crippen molar-refractivity contribution in [2.24, 2.45) is 5.41 Å². The van der Waals surface area contributed by atoms with E-state index in [2.05, 4.69) is 84.9 Å². The third-order valence-electron chi connectivity index (χ3n) is 8.34. The second kappa shape index (κ2) is 11.8. The lowest BCUT2D eigenvalue weighted by Gasteiger charge is -2.34. The first kappa shape index (κ1) is 29.6. The summed E-state index contributed by atoms with van der Waals surface area (Å²) in [4.78, 5) is 11.1. The van der Waals surface area contributed by atoms with Crippen LogP contribution in [0, 0.1) is 19.3 Å². The quantitative estimate of drug-likeness (QED) is 0.260. The van der Waals surface area contributed by atoms with Gasteiger partial charge in [-0.05, 0) is 89.5 Å². The Kier molecular flexibility index (Phi) is 9.22. The van der Waals surface area contributed by atoms with Crippen LogP contribution in [-0.2, 0) is 16.6 Å². The first-order valence-corrected chi connectivity index (χ1v) is 13.7. The van der Waals surface area contributed by atoms with Crippen molar-refractivity contribution in [3.8, 4) is 11.1 Å². The highest BCUT2D eigenvalue weighted by molar-refractivity contribution is 5.75. The Balaban J connectivity index is 1.91. The third kappa shape index (κ3) is 6.19. The molecule has 3 aromatic carbocycles. The Hall–Kier alpha value is -2.95. The van der Waals surface area contributed by atoms with Gasteiger partial charge in [-0.3, -0.25) is 0 Å². The van der Waals surface area contributed by atoms with Crippen molar-refractivity contribution in [2.75, 3.05) is 0 Å². The van der Waals surface area contributed by atoms with Crippen molar-refractivity contribution < 1.29 is 20.1 Å². The van der Waals surface area contributed by atoms with Gasteiger partial charge in [-0.15, -0.1) is 0 Å². The van der Waals surface area contributed by atoms with Gasteiger partial charge in [0.2, 0.25) is 0 Å². The van der Waals surface area contributed by atoms with E-state index in [1.54, 1.807) is 12.1 Å². The Morgan fingerprint density at radius 2 is 1.37 bits per heavy atom. The van der Waals surface area contributed by atoms with Gasteiger partial charge in [0.15, 0.2) is 6.10 Å². The Morgan fingerprint density at radius 3 is 1.84 bits per heavy atom. The average molecular weight is 517 g/mol. The number of aliphatic hydroxyl groups is 2. The molecule has 0 radical (unpaired) electrons. The van der Waals surface area contributed by atoms with Crippen molar-refractivity contribution in [3.05, 3.63) is 94.0 Å². The number of carbonyl (C=O) groups is 1. The maximum atomic E-state index is 11.1. The Labute approximate surface area is 228 Å². The number of carboxylic acids is 1. The van der Waals surface area contributed by atoms with E-state index in [9.17, 15) is 15.0 Å². The largest absolute Gasteiger partial charge is 0.479 e. The summed E-state index contributed by atoms with van der Waals surface area (Å²) in [6.45, 7) is 15.0. The van der Waals surface area contributed by atoms with Crippen molar-refractivity contribution in [1.29, 1.82) is 0 Å². The third-order valence-corrected chi connectivity index (χ3v) is 8.34. The number of aliphatic hydroxyl groups excluding tert-OH is 2. The van der Waals surface area contributed by atoms with E-state index in [1.807, 2.05) is 12.1 Å². The van der Waals surface area contributed by atoms with Gasteiger partial charge in [0.05, 0.1) is 6.10 Å². The fourth-order valence-corrected chi connectivity index (χ4v) is 5.51. The lowest BCUT2D eigenvalue weighted by molar-refractivity contribution is -0.146. The van der Waals surface area contributed by atoms with E-state index in [4.69, 9.17) is 5.11 Å². The summed E-state index contributed by atoms with van der Waals surface area (Å²) in [6.07, 6.45) is 1.74. The van der Waals surface area contributed by atoms with Crippen LogP contribution in [0.3, 0.4) is 0 Å². The molecule has 0 heterocycles. The first-order valence-electron chi connectivity index (χ1n) is 13.7. The van der Waals surface area contributed by atoms with Crippen LogP contribution < -0.4 is 0 Å². The molecule has 4 nitrogen and oxygen atoms in total. The Bertz CT molecular complexity index is 1250. The van der Waals surface area contributed by atoms with Crippen LogP contribution in [-0.4, -0.2) is 27.4 Å². The lowest BCUT2D eigenvalue weighted by atomic mass is 9.69. The predicted octanol–water partition coefficient (Wildman–Crippen LogP) is 7.53. The second-order valence-corrected chi connectivity index (χ2v) is 11.7. The molecule has 3 rings (SSSR count). The fraction of sp³-hybridized carbons (Fsp3) is 0.441. The molecule has 0 bridgehead atoms. The summed E-state index contributed by atoms with van der Waals surface area (Å²) in [5, 5.41) is 29.4. The van der Waals surface area contributed by atoms with Crippen LogP contribution in [0.1, 0.15) is 93.4 Å². The smallest absolute Gasteiger partial charge is 0.337 e. The molecule has 2 atom stereocenters. The van der Waals surface area contributed by atoms with Crippen LogP contribution in [0.25, 0.3) is 11.1 Å². The van der Waals surface area contributed by atoms with Crippen LogP contribution in [0.2, 0.25) is 0 Å². The SMILES string of the molecule is CCC(CC)(c1ccc(CC[C@H](O)C(C)(C)C)c(C)c1)c1ccc(-c2ccc(C(O)C(=O)O)cc2)c(C)c1. The van der Waals surface area contributed by atoms with Crippen molar-refractivity contribution in [3.63, 3.8) is 0 Å². The number of aryl methyl sites for hydroxylation is 3. The van der Waals surface area contributed by atoms with Gasteiger partial charge >= 0.3 is 5.97 Å². The fourth-order valence-electron chi connectivity index (χ4n) is 5.51. The van der Waals surface area contributed by atoms with Crippen LogP contribution in [0.15, 0.2) is 60.7 Å². The first-order chi connectivity index (χ1) is 17.8. The number of aliphatic carboxylic acids is 1. The monoisotopic (exact) mass is 516 g/mol. The number of hydrogen-bond donors (Lipinski definition) is 3. The van der Waals surface area contributed by atoms with Crippen molar-refractivity contribution in [2.45, 2.75) is 91.8 Å². The molecule has 0 saturated carbocycles. The molecule has 204 valence electrons. The van der Waals surface area contributed by atoms with Gasteiger partial charge in [0, 0.05) is 5.41 Å².